The van der Waals surface area contributed by atoms with Crippen LogP contribution in [0.2, 0.25) is 5.02 Å². The van der Waals surface area contributed by atoms with Gasteiger partial charge in [0.05, 0.1) is 12.5 Å². The van der Waals surface area contributed by atoms with Crippen LogP contribution in [0.1, 0.15) is 43.2 Å². The summed E-state index contributed by atoms with van der Waals surface area (Å²) in [4.78, 5) is 0. The fraction of sp³-hybridized carbons (Fsp3) is 0.364. The maximum absolute atomic E-state index is 8.77. The van der Waals surface area contributed by atoms with E-state index < -0.39 is 0 Å². The molecule has 1 aliphatic carbocycles. The Balaban J connectivity index is 1.60. The highest BCUT2D eigenvalue weighted by Gasteiger charge is 2.34. The molecule has 1 fully saturated rings. The van der Waals surface area contributed by atoms with Gasteiger partial charge in [-0.25, -0.2) is 0 Å². The highest BCUT2D eigenvalue weighted by molar-refractivity contribution is 7.80. The lowest BCUT2D eigenvalue weighted by molar-refractivity contribution is 0.362. The van der Waals surface area contributed by atoms with E-state index in [0.717, 1.165) is 42.0 Å². The van der Waals surface area contributed by atoms with E-state index in [4.69, 9.17) is 29.1 Å². The van der Waals surface area contributed by atoms with Gasteiger partial charge in [0.2, 0.25) is 0 Å². The second-order valence-electron chi connectivity index (χ2n) is 7.19. The summed E-state index contributed by atoms with van der Waals surface area (Å²) in [6, 6.07) is 18.1. The normalized spacial score (nSPS) is 15.1. The topological polar surface area (TPSA) is 47.9 Å². The van der Waals surface area contributed by atoms with Crippen molar-refractivity contribution in [3.8, 4) is 6.07 Å². The molecule has 2 aromatic rings. The van der Waals surface area contributed by atoms with E-state index in [1.165, 1.54) is 18.4 Å². The molecule has 27 heavy (non-hydrogen) atoms. The monoisotopic (exact) mass is 397 g/mol. The van der Waals surface area contributed by atoms with Crippen LogP contribution in [0.4, 0.5) is 5.69 Å². The van der Waals surface area contributed by atoms with Crippen molar-refractivity contribution in [1.82, 2.24) is 5.32 Å². The molecule has 0 aliphatic heterocycles. The first-order chi connectivity index (χ1) is 13.1. The quantitative estimate of drug-likeness (QED) is 0.619. The molecule has 0 saturated heterocycles. The van der Waals surface area contributed by atoms with E-state index in [1.54, 1.807) is 0 Å². The molecule has 1 aliphatic rings. The van der Waals surface area contributed by atoms with Gasteiger partial charge in [-0.1, -0.05) is 54.8 Å². The number of halogens is 1. The number of hydrogen-bond acceptors (Lipinski definition) is 2. The van der Waals surface area contributed by atoms with E-state index >= 15 is 0 Å². The van der Waals surface area contributed by atoms with E-state index in [2.05, 4.69) is 22.8 Å². The predicted octanol–water partition coefficient (Wildman–Crippen LogP) is 5.64. The number of rotatable bonds is 6. The summed E-state index contributed by atoms with van der Waals surface area (Å²) in [5.41, 5.74) is 3.17. The molecule has 3 nitrogen and oxygen atoms in total. The zero-order valence-corrected chi connectivity index (χ0v) is 16.9. The second-order valence-corrected chi connectivity index (χ2v) is 8.01. The summed E-state index contributed by atoms with van der Waals surface area (Å²) in [7, 11) is 0. The van der Waals surface area contributed by atoms with Crippen LogP contribution in [-0.2, 0) is 12.8 Å². The van der Waals surface area contributed by atoms with E-state index in [9.17, 15) is 0 Å². The number of nitrogens with zero attached hydrogens (tertiary/aromatic N) is 1. The van der Waals surface area contributed by atoms with Gasteiger partial charge in [0.1, 0.15) is 0 Å². The largest absolute Gasteiger partial charge is 0.357 e. The first-order valence-electron chi connectivity index (χ1n) is 9.39. The number of anilines is 1. The Labute approximate surface area is 171 Å². The van der Waals surface area contributed by atoms with Crippen molar-refractivity contribution in [3.63, 3.8) is 0 Å². The summed E-state index contributed by atoms with van der Waals surface area (Å²) >= 11 is 11.9. The molecule has 1 saturated carbocycles. The predicted molar refractivity (Wildman–Crippen MR) is 116 cm³/mol. The smallest absolute Gasteiger partial charge is 0.171 e. The molecule has 2 N–H and O–H groups in total. The minimum atomic E-state index is 0.0317. The second kappa shape index (κ2) is 9.21. The molecule has 2 aromatic carbocycles. The first-order valence-corrected chi connectivity index (χ1v) is 10.2. The Kier molecular flexibility index (Phi) is 6.71. The van der Waals surface area contributed by atoms with Crippen molar-refractivity contribution >= 4 is 34.6 Å². The third-order valence-corrected chi connectivity index (χ3v) is 5.84. The van der Waals surface area contributed by atoms with Crippen molar-refractivity contribution in [3.05, 3.63) is 64.7 Å². The Morgan fingerprint density at radius 3 is 2.48 bits per heavy atom. The molecular formula is C22H24ClN3S. The van der Waals surface area contributed by atoms with Crippen LogP contribution in [0.25, 0.3) is 0 Å². The minimum absolute atomic E-state index is 0.0317. The summed E-state index contributed by atoms with van der Waals surface area (Å²) in [5.74, 6) is 0. The number of nitrogens with one attached hydrogen (secondary N) is 2. The Morgan fingerprint density at radius 2 is 1.81 bits per heavy atom. The SMILES string of the molecule is N#CCc1ccc(NC(=S)NC2(CCc3ccccc3Cl)CCCC2)cc1. The molecule has 140 valence electrons. The fourth-order valence-electron chi connectivity index (χ4n) is 3.76. The number of nitriles is 1. The first kappa shape index (κ1) is 19.7. The number of hydrogen-bond donors (Lipinski definition) is 2. The lowest BCUT2D eigenvalue weighted by atomic mass is 9.89. The van der Waals surface area contributed by atoms with Crippen LogP contribution in [-0.4, -0.2) is 10.7 Å². The average Bonchev–Trinajstić information content (AvgIpc) is 3.11. The van der Waals surface area contributed by atoms with Crippen LogP contribution >= 0.6 is 23.8 Å². The molecule has 3 rings (SSSR count). The summed E-state index contributed by atoms with van der Waals surface area (Å²) < 4.78 is 0. The van der Waals surface area contributed by atoms with E-state index in [-0.39, 0.29) is 5.54 Å². The summed E-state index contributed by atoms with van der Waals surface area (Å²) in [6.07, 6.45) is 7.08. The van der Waals surface area contributed by atoms with Gasteiger partial charge in [-0.05, 0) is 67.2 Å². The lowest BCUT2D eigenvalue weighted by Gasteiger charge is -2.32. The molecule has 0 atom stereocenters. The molecule has 0 heterocycles. The van der Waals surface area contributed by atoms with E-state index in [0.29, 0.717) is 11.5 Å². The molecule has 5 heteroatoms. The van der Waals surface area contributed by atoms with Crippen molar-refractivity contribution < 1.29 is 0 Å². The van der Waals surface area contributed by atoms with Crippen molar-refractivity contribution in [1.29, 1.82) is 5.26 Å². The summed E-state index contributed by atoms with van der Waals surface area (Å²) in [5, 5.41) is 17.1. The molecule has 0 amide bonds. The van der Waals surface area contributed by atoms with Gasteiger partial charge in [-0.15, -0.1) is 0 Å². The lowest BCUT2D eigenvalue weighted by Crippen LogP contribution is -2.48. The average molecular weight is 398 g/mol. The van der Waals surface area contributed by atoms with Crippen LogP contribution < -0.4 is 10.6 Å². The minimum Gasteiger partial charge on any atom is -0.357 e. The van der Waals surface area contributed by atoms with Crippen molar-refractivity contribution in [2.75, 3.05) is 5.32 Å². The standard InChI is InChI=1S/C22H24ClN3S/c23-20-6-2-1-5-18(20)11-15-22(13-3-4-14-22)26-21(27)25-19-9-7-17(8-10-19)12-16-24/h1-2,5-10H,3-4,11-15H2,(H2,25,26,27). The highest BCUT2D eigenvalue weighted by atomic mass is 35.5. The molecule has 0 spiro atoms. The van der Waals surface area contributed by atoms with Gasteiger partial charge in [0, 0.05) is 16.2 Å². The summed E-state index contributed by atoms with van der Waals surface area (Å²) in [6.45, 7) is 0. The number of thiocarbonyl (C=S) groups is 1. The van der Waals surface area contributed by atoms with Gasteiger partial charge >= 0.3 is 0 Å². The highest BCUT2D eigenvalue weighted by Crippen LogP contribution is 2.34. The fourth-order valence-corrected chi connectivity index (χ4v) is 4.33. The molecule has 0 unspecified atom stereocenters. The van der Waals surface area contributed by atoms with Crippen molar-refractivity contribution in [2.24, 2.45) is 0 Å². The van der Waals surface area contributed by atoms with Gasteiger partial charge in [-0.3, -0.25) is 0 Å². The maximum atomic E-state index is 8.77. The molecule has 0 radical (unpaired) electrons. The molecule has 0 bridgehead atoms. The van der Waals surface area contributed by atoms with Crippen LogP contribution in [0.15, 0.2) is 48.5 Å². The Bertz CT molecular complexity index is 820. The zero-order chi connectivity index (χ0) is 19.1. The van der Waals surface area contributed by atoms with Gasteiger partial charge in [0.15, 0.2) is 5.11 Å². The van der Waals surface area contributed by atoms with Gasteiger partial charge in [-0.2, -0.15) is 5.26 Å². The Hall–Kier alpha value is -2.09. The number of aryl methyl sites for hydroxylation is 1. The van der Waals surface area contributed by atoms with Crippen molar-refractivity contribution in [2.45, 2.75) is 50.5 Å². The van der Waals surface area contributed by atoms with Gasteiger partial charge in [0.25, 0.3) is 0 Å². The van der Waals surface area contributed by atoms with Gasteiger partial charge < -0.3 is 10.6 Å². The molecular weight excluding hydrogens is 374 g/mol. The number of benzene rings is 2. The molecule has 0 aromatic heterocycles. The Morgan fingerprint density at radius 1 is 1.11 bits per heavy atom. The maximum Gasteiger partial charge on any atom is 0.171 e. The van der Waals surface area contributed by atoms with Crippen LogP contribution in [0.5, 0.6) is 0 Å². The van der Waals surface area contributed by atoms with Crippen LogP contribution in [0, 0.1) is 11.3 Å². The third kappa shape index (κ3) is 5.45. The zero-order valence-electron chi connectivity index (χ0n) is 15.3. The van der Waals surface area contributed by atoms with E-state index in [1.807, 2.05) is 42.5 Å². The third-order valence-electron chi connectivity index (χ3n) is 5.27. The van der Waals surface area contributed by atoms with Crippen LogP contribution in [0.3, 0.4) is 0 Å².